The number of piperidine rings is 2. The highest BCUT2D eigenvalue weighted by molar-refractivity contribution is 9.10. The minimum absolute atomic E-state index is 0. The zero-order valence-corrected chi connectivity index (χ0v) is 15.2. The summed E-state index contributed by atoms with van der Waals surface area (Å²) < 4.78 is 1.06. The lowest BCUT2D eigenvalue weighted by molar-refractivity contribution is -0.133. The fourth-order valence-electron chi connectivity index (χ4n) is 3.58. The molecule has 1 aromatic carbocycles. The Hall–Kier alpha value is -0.580. The largest absolute Gasteiger partial charge is 0.342 e. The van der Waals surface area contributed by atoms with E-state index >= 15 is 0 Å². The van der Waals surface area contributed by atoms with Crippen LogP contribution >= 0.6 is 28.3 Å². The van der Waals surface area contributed by atoms with Crippen LogP contribution in [-0.2, 0) is 11.2 Å². The van der Waals surface area contributed by atoms with Crippen molar-refractivity contribution in [3.8, 4) is 0 Å². The topological polar surface area (TPSA) is 32.3 Å². The Labute approximate surface area is 147 Å². The second-order valence-corrected chi connectivity index (χ2v) is 7.35. The van der Waals surface area contributed by atoms with Crippen molar-refractivity contribution in [2.45, 2.75) is 32.1 Å². The van der Waals surface area contributed by atoms with E-state index in [4.69, 9.17) is 0 Å². The van der Waals surface area contributed by atoms with Crippen LogP contribution in [0.25, 0.3) is 0 Å². The Bertz CT molecular complexity index is 490. The Morgan fingerprint density at radius 2 is 1.68 bits per heavy atom. The highest BCUT2D eigenvalue weighted by Gasteiger charge is 2.36. The predicted octanol–water partition coefficient (Wildman–Crippen LogP) is 3.41. The summed E-state index contributed by atoms with van der Waals surface area (Å²) in [4.78, 5) is 14.5. The van der Waals surface area contributed by atoms with E-state index in [-0.39, 0.29) is 18.3 Å². The monoisotopic (exact) mass is 386 g/mol. The van der Waals surface area contributed by atoms with E-state index in [1.54, 1.807) is 0 Å². The number of hydrogen-bond donors (Lipinski definition) is 1. The van der Waals surface area contributed by atoms with E-state index in [0.29, 0.717) is 11.8 Å². The minimum Gasteiger partial charge on any atom is -0.342 e. The lowest BCUT2D eigenvalue weighted by atomic mass is 9.71. The Morgan fingerprint density at radius 1 is 1.09 bits per heavy atom. The van der Waals surface area contributed by atoms with Crippen molar-refractivity contribution in [1.82, 2.24) is 10.2 Å². The number of carbonyl (C=O) groups is 1. The van der Waals surface area contributed by atoms with Crippen molar-refractivity contribution in [3.05, 3.63) is 34.3 Å². The van der Waals surface area contributed by atoms with Gasteiger partial charge in [0.2, 0.25) is 5.91 Å². The van der Waals surface area contributed by atoms with Gasteiger partial charge in [-0.05, 0) is 61.9 Å². The molecule has 0 saturated carbocycles. The fraction of sp³-hybridized carbons (Fsp3) is 0.588. The Balaban J connectivity index is 0.00000176. The summed E-state index contributed by atoms with van der Waals surface area (Å²) in [6.07, 6.45) is 5.45. The van der Waals surface area contributed by atoms with Crippen molar-refractivity contribution in [1.29, 1.82) is 0 Å². The molecule has 1 amide bonds. The lowest BCUT2D eigenvalue weighted by Gasteiger charge is -2.44. The van der Waals surface area contributed by atoms with Gasteiger partial charge in [-0.1, -0.05) is 28.1 Å². The van der Waals surface area contributed by atoms with Gasteiger partial charge < -0.3 is 10.2 Å². The summed E-state index contributed by atoms with van der Waals surface area (Å²) in [5.74, 6) is 0.279. The molecule has 122 valence electrons. The molecule has 0 radical (unpaired) electrons. The summed E-state index contributed by atoms with van der Waals surface area (Å²) in [5, 5.41) is 3.44. The van der Waals surface area contributed by atoms with E-state index in [1.165, 1.54) is 25.7 Å². The number of rotatable bonds is 2. The molecule has 3 nitrogen and oxygen atoms in total. The first-order valence-electron chi connectivity index (χ1n) is 7.90. The molecule has 5 heteroatoms. The summed E-state index contributed by atoms with van der Waals surface area (Å²) >= 11 is 3.43. The Kier molecular flexibility index (Phi) is 6.30. The van der Waals surface area contributed by atoms with Crippen molar-refractivity contribution in [2.75, 3.05) is 26.2 Å². The molecule has 1 aromatic rings. The van der Waals surface area contributed by atoms with Crippen LogP contribution in [0.5, 0.6) is 0 Å². The normalized spacial score (nSPS) is 20.5. The summed E-state index contributed by atoms with van der Waals surface area (Å²) in [6.45, 7) is 4.17. The maximum Gasteiger partial charge on any atom is 0.226 e. The molecule has 0 atom stereocenters. The Morgan fingerprint density at radius 3 is 2.27 bits per heavy atom. The van der Waals surface area contributed by atoms with Crippen molar-refractivity contribution in [3.63, 3.8) is 0 Å². The van der Waals surface area contributed by atoms with Crippen LogP contribution < -0.4 is 5.32 Å². The number of benzene rings is 1. The van der Waals surface area contributed by atoms with Crippen LogP contribution in [0.3, 0.4) is 0 Å². The molecule has 2 heterocycles. The van der Waals surface area contributed by atoms with Gasteiger partial charge in [0, 0.05) is 17.6 Å². The lowest BCUT2D eigenvalue weighted by Crippen LogP contribution is -2.47. The first-order chi connectivity index (χ1) is 10.2. The van der Waals surface area contributed by atoms with Gasteiger partial charge in [-0.25, -0.2) is 0 Å². The highest BCUT2D eigenvalue weighted by Crippen LogP contribution is 2.39. The van der Waals surface area contributed by atoms with E-state index in [0.717, 1.165) is 36.2 Å². The zero-order chi connectivity index (χ0) is 14.7. The van der Waals surface area contributed by atoms with Gasteiger partial charge >= 0.3 is 0 Å². The average Bonchev–Trinajstić information content (AvgIpc) is 2.51. The number of hydrogen-bond acceptors (Lipinski definition) is 2. The van der Waals surface area contributed by atoms with Crippen LogP contribution in [0.4, 0.5) is 0 Å². The molecule has 2 fully saturated rings. The number of nitrogens with one attached hydrogen (secondary N) is 1. The van der Waals surface area contributed by atoms with Crippen LogP contribution in [0.15, 0.2) is 28.7 Å². The first-order valence-corrected chi connectivity index (χ1v) is 8.69. The molecular formula is C17H24BrClN2O. The quantitative estimate of drug-likeness (QED) is 0.843. The van der Waals surface area contributed by atoms with Crippen molar-refractivity contribution < 1.29 is 4.79 Å². The molecule has 0 bridgehead atoms. The molecule has 1 spiro atoms. The van der Waals surface area contributed by atoms with Gasteiger partial charge in [0.25, 0.3) is 0 Å². The predicted molar refractivity (Wildman–Crippen MR) is 95.4 cm³/mol. The number of likely N-dealkylation sites (tertiary alicyclic amines) is 1. The van der Waals surface area contributed by atoms with Crippen molar-refractivity contribution >= 4 is 34.2 Å². The third kappa shape index (κ3) is 4.24. The molecular weight excluding hydrogens is 364 g/mol. The van der Waals surface area contributed by atoms with Gasteiger partial charge in [-0.3, -0.25) is 4.79 Å². The molecule has 0 unspecified atom stereocenters. The number of carbonyl (C=O) groups excluding carboxylic acids is 1. The van der Waals surface area contributed by atoms with Crippen LogP contribution in [-0.4, -0.2) is 37.0 Å². The van der Waals surface area contributed by atoms with Crippen molar-refractivity contribution in [2.24, 2.45) is 5.41 Å². The molecule has 1 N–H and O–H groups in total. The van der Waals surface area contributed by atoms with Crippen LogP contribution in [0.2, 0.25) is 0 Å². The fourth-order valence-corrected chi connectivity index (χ4v) is 3.84. The maximum absolute atomic E-state index is 12.4. The third-order valence-electron chi connectivity index (χ3n) is 5.11. The summed E-state index contributed by atoms with van der Waals surface area (Å²) in [5.41, 5.74) is 1.62. The van der Waals surface area contributed by atoms with Crippen LogP contribution in [0, 0.1) is 5.41 Å². The molecule has 2 aliphatic rings. The summed E-state index contributed by atoms with van der Waals surface area (Å²) in [7, 11) is 0. The molecule has 2 aliphatic heterocycles. The number of nitrogens with zero attached hydrogens (tertiary/aromatic N) is 1. The smallest absolute Gasteiger partial charge is 0.226 e. The molecule has 3 rings (SSSR count). The van der Waals surface area contributed by atoms with Gasteiger partial charge in [-0.2, -0.15) is 0 Å². The maximum atomic E-state index is 12.4. The number of amides is 1. The second-order valence-electron chi connectivity index (χ2n) is 6.43. The molecule has 2 saturated heterocycles. The number of halogens is 2. The van der Waals surface area contributed by atoms with E-state index in [2.05, 4.69) is 26.1 Å². The summed E-state index contributed by atoms with van der Waals surface area (Å²) in [6, 6.07) is 8.06. The van der Waals surface area contributed by atoms with E-state index < -0.39 is 0 Å². The van der Waals surface area contributed by atoms with E-state index in [9.17, 15) is 4.79 Å². The van der Waals surface area contributed by atoms with Gasteiger partial charge in [-0.15, -0.1) is 12.4 Å². The minimum atomic E-state index is 0. The highest BCUT2D eigenvalue weighted by atomic mass is 79.9. The third-order valence-corrected chi connectivity index (χ3v) is 5.64. The molecule has 0 aromatic heterocycles. The standard InChI is InChI=1S/C17H23BrN2O.ClH/c18-15-3-1-14(2-4-15)13-16(21)20-11-7-17(8-12-20)5-9-19-10-6-17;/h1-4,19H,5-13H2;1H. The molecule has 0 aliphatic carbocycles. The van der Waals surface area contributed by atoms with Gasteiger partial charge in [0.15, 0.2) is 0 Å². The van der Waals surface area contributed by atoms with Gasteiger partial charge in [0.05, 0.1) is 6.42 Å². The van der Waals surface area contributed by atoms with E-state index in [1.807, 2.05) is 24.3 Å². The zero-order valence-electron chi connectivity index (χ0n) is 12.8. The van der Waals surface area contributed by atoms with Gasteiger partial charge in [0.1, 0.15) is 0 Å². The SMILES string of the molecule is Cl.O=C(Cc1ccc(Br)cc1)N1CCC2(CCNCC2)CC1. The molecule has 22 heavy (non-hydrogen) atoms. The average molecular weight is 388 g/mol. The first kappa shape index (κ1) is 17.8. The van der Waals surface area contributed by atoms with Crippen LogP contribution in [0.1, 0.15) is 31.2 Å². The second kappa shape index (κ2) is 7.80.